The molecule has 2 heterocycles. The van der Waals surface area contributed by atoms with E-state index in [1.807, 2.05) is 12.1 Å². The summed E-state index contributed by atoms with van der Waals surface area (Å²) in [6.07, 6.45) is 0. The number of nitrogens with two attached hydrogens (primary N) is 1. The highest BCUT2D eigenvalue weighted by molar-refractivity contribution is 5.87. The van der Waals surface area contributed by atoms with Crippen molar-refractivity contribution in [3.05, 3.63) is 24.3 Å². The molecule has 4 nitrogen and oxygen atoms in total. The second-order valence-corrected chi connectivity index (χ2v) is 4.48. The number of hydrogen-bond donors (Lipinski definition) is 1. The fraction of sp³-hybridized carbons (Fsp3) is 0.385. The van der Waals surface area contributed by atoms with Gasteiger partial charge in [0.15, 0.2) is 0 Å². The van der Waals surface area contributed by atoms with Gasteiger partial charge in [-0.15, -0.1) is 0 Å². The standard InChI is InChI=1S/C13H17N3O/c1-15-12-9-11(14)3-2-10(12)8-13(15)16-4-6-17-7-5-16/h2-3,8-9H,4-7,14H2,1H3. The number of anilines is 2. The highest BCUT2D eigenvalue weighted by Gasteiger charge is 2.15. The van der Waals surface area contributed by atoms with Crippen LogP contribution in [-0.2, 0) is 11.8 Å². The first kappa shape index (κ1) is 10.5. The maximum atomic E-state index is 5.83. The Morgan fingerprint density at radius 2 is 1.94 bits per heavy atom. The molecular weight excluding hydrogens is 214 g/mol. The third-order valence-electron chi connectivity index (χ3n) is 3.38. The zero-order valence-corrected chi connectivity index (χ0v) is 10.0. The fourth-order valence-electron chi connectivity index (χ4n) is 2.43. The number of rotatable bonds is 1. The number of ether oxygens (including phenoxy) is 1. The van der Waals surface area contributed by atoms with E-state index in [4.69, 9.17) is 10.5 Å². The predicted molar refractivity (Wildman–Crippen MR) is 70.4 cm³/mol. The third-order valence-corrected chi connectivity index (χ3v) is 3.38. The molecule has 90 valence electrons. The van der Waals surface area contributed by atoms with Gasteiger partial charge < -0.3 is 19.9 Å². The van der Waals surface area contributed by atoms with E-state index in [1.54, 1.807) is 0 Å². The molecule has 1 saturated heterocycles. The van der Waals surface area contributed by atoms with E-state index < -0.39 is 0 Å². The quantitative estimate of drug-likeness (QED) is 0.758. The predicted octanol–water partition coefficient (Wildman–Crippen LogP) is 1.60. The molecule has 0 unspecified atom stereocenters. The molecule has 1 aliphatic rings. The van der Waals surface area contributed by atoms with Gasteiger partial charge in [-0.3, -0.25) is 0 Å². The largest absolute Gasteiger partial charge is 0.399 e. The summed E-state index contributed by atoms with van der Waals surface area (Å²) in [5, 5.41) is 1.24. The Morgan fingerprint density at radius 1 is 1.18 bits per heavy atom. The van der Waals surface area contributed by atoms with Crippen molar-refractivity contribution in [1.82, 2.24) is 4.57 Å². The molecule has 3 rings (SSSR count). The first-order valence-corrected chi connectivity index (χ1v) is 5.93. The highest BCUT2D eigenvalue weighted by atomic mass is 16.5. The van der Waals surface area contributed by atoms with Crippen molar-refractivity contribution in [2.75, 3.05) is 36.9 Å². The first-order valence-electron chi connectivity index (χ1n) is 5.93. The van der Waals surface area contributed by atoms with Crippen molar-refractivity contribution in [2.45, 2.75) is 0 Å². The van der Waals surface area contributed by atoms with Gasteiger partial charge in [-0.2, -0.15) is 0 Å². The summed E-state index contributed by atoms with van der Waals surface area (Å²) in [5.74, 6) is 1.24. The molecule has 0 radical (unpaired) electrons. The minimum atomic E-state index is 0.809. The zero-order valence-electron chi connectivity index (χ0n) is 10.0. The Labute approximate surface area is 101 Å². The minimum Gasteiger partial charge on any atom is -0.399 e. The van der Waals surface area contributed by atoms with Gasteiger partial charge in [-0.25, -0.2) is 0 Å². The number of aromatic nitrogens is 1. The van der Waals surface area contributed by atoms with E-state index in [-0.39, 0.29) is 0 Å². The second-order valence-electron chi connectivity index (χ2n) is 4.48. The number of hydrogen-bond acceptors (Lipinski definition) is 3. The van der Waals surface area contributed by atoms with Crippen molar-refractivity contribution in [3.63, 3.8) is 0 Å². The van der Waals surface area contributed by atoms with Crippen molar-refractivity contribution in [1.29, 1.82) is 0 Å². The molecule has 1 aromatic heterocycles. The van der Waals surface area contributed by atoms with Gasteiger partial charge in [-0.1, -0.05) is 6.07 Å². The summed E-state index contributed by atoms with van der Waals surface area (Å²) < 4.78 is 7.59. The lowest BCUT2D eigenvalue weighted by Gasteiger charge is -2.28. The molecule has 0 saturated carbocycles. The van der Waals surface area contributed by atoms with Crippen LogP contribution in [-0.4, -0.2) is 30.9 Å². The molecule has 0 atom stereocenters. The van der Waals surface area contributed by atoms with E-state index in [2.05, 4.69) is 28.6 Å². The maximum absolute atomic E-state index is 5.83. The first-order chi connectivity index (χ1) is 8.25. The lowest BCUT2D eigenvalue weighted by Crippen LogP contribution is -2.37. The average Bonchev–Trinajstić information content (AvgIpc) is 2.68. The van der Waals surface area contributed by atoms with Crippen LogP contribution in [0.4, 0.5) is 11.5 Å². The number of nitrogen functional groups attached to an aromatic ring is 1. The third kappa shape index (κ3) is 1.74. The van der Waals surface area contributed by atoms with E-state index in [0.29, 0.717) is 0 Å². The fourth-order valence-corrected chi connectivity index (χ4v) is 2.43. The van der Waals surface area contributed by atoms with E-state index in [9.17, 15) is 0 Å². The number of nitrogens with zero attached hydrogens (tertiary/aromatic N) is 2. The van der Waals surface area contributed by atoms with Crippen LogP contribution < -0.4 is 10.6 Å². The van der Waals surface area contributed by atoms with Gasteiger partial charge in [-0.05, 0) is 18.2 Å². The summed E-state index contributed by atoms with van der Waals surface area (Å²) in [4.78, 5) is 2.36. The molecule has 1 aromatic carbocycles. The summed E-state index contributed by atoms with van der Waals surface area (Å²) in [7, 11) is 2.09. The topological polar surface area (TPSA) is 43.4 Å². The number of benzene rings is 1. The van der Waals surface area contributed by atoms with Gasteiger partial charge in [0.2, 0.25) is 0 Å². The van der Waals surface area contributed by atoms with Crippen LogP contribution in [0.15, 0.2) is 24.3 Å². The Kier molecular flexibility index (Phi) is 2.44. The van der Waals surface area contributed by atoms with Crippen molar-refractivity contribution in [3.8, 4) is 0 Å². The molecule has 2 aromatic rings. The Bertz CT molecular complexity index is 541. The van der Waals surface area contributed by atoms with Gasteiger partial charge in [0.1, 0.15) is 5.82 Å². The number of aryl methyl sites for hydroxylation is 1. The Balaban J connectivity index is 2.07. The van der Waals surface area contributed by atoms with Crippen LogP contribution >= 0.6 is 0 Å². The van der Waals surface area contributed by atoms with Crippen LogP contribution in [0.1, 0.15) is 0 Å². The molecular formula is C13H17N3O. The lowest BCUT2D eigenvalue weighted by atomic mass is 10.2. The van der Waals surface area contributed by atoms with Crippen molar-refractivity contribution >= 4 is 22.4 Å². The average molecular weight is 231 g/mol. The maximum Gasteiger partial charge on any atom is 0.109 e. The van der Waals surface area contributed by atoms with Gasteiger partial charge in [0, 0.05) is 31.2 Å². The zero-order chi connectivity index (χ0) is 11.8. The van der Waals surface area contributed by atoms with E-state index >= 15 is 0 Å². The smallest absolute Gasteiger partial charge is 0.109 e. The minimum absolute atomic E-state index is 0.809. The van der Waals surface area contributed by atoms with E-state index in [1.165, 1.54) is 16.7 Å². The molecule has 17 heavy (non-hydrogen) atoms. The molecule has 4 heteroatoms. The van der Waals surface area contributed by atoms with Crippen LogP contribution in [0.2, 0.25) is 0 Å². The Morgan fingerprint density at radius 3 is 2.71 bits per heavy atom. The summed E-state index contributed by atoms with van der Waals surface area (Å²) >= 11 is 0. The van der Waals surface area contributed by atoms with Crippen molar-refractivity contribution < 1.29 is 4.74 Å². The SMILES string of the molecule is Cn1c(N2CCOCC2)cc2ccc(N)cc21. The van der Waals surface area contributed by atoms with E-state index in [0.717, 1.165) is 32.0 Å². The summed E-state index contributed by atoms with van der Waals surface area (Å²) in [5.41, 5.74) is 7.83. The normalized spacial score (nSPS) is 16.6. The Hall–Kier alpha value is -1.68. The number of morpholine rings is 1. The van der Waals surface area contributed by atoms with Crippen LogP contribution in [0.5, 0.6) is 0 Å². The molecule has 0 bridgehead atoms. The second kappa shape index (κ2) is 3.96. The molecule has 2 N–H and O–H groups in total. The summed E-state index contributed by atoms with van der Waals surface area (Å²) in [6.45, 7) is 3.53. The van der Waals surface area contributed by atoms with Gasteiger partial charge in [0.25, 0.3) is 0 Å². The summed E-state index contributed by atoms with van der Waals surface area (Å²) in [6, 6.07) is 8.28. The molecule has 0 amide bonds. The molecule has 0 aliphatic carbocycles. The highest BCUT2D eigenvalue weighted by Crippen LogP contribution is 2.27. The van der Waals surface area contributed by atoms with Crippen LogP contribution in [0, 0.1) is 0 Å². The van der Waals surface area contributed by atoms with Crippen LogP contribution in [0.3, 0.4) is 0 Å². The van der Waals surface area contributed by atoms with Gasteiger partial charge in [0.05, 0.1) is 18.7 Å². The van der Waals surface area contributed by atoms with Crippen molar-refractivity contribution in [2.24, 2.45) is 7.05 Å². The number of fused-ring (bicyclic) bond motifs is 1. The van der Waals surface area contributed by atoms with Crippen LogP contribution in [0.25, 0.3) is 10.9 Å². The lowest BCUT2D eigenvalue weighted by molar-refractivity contribution is 0.122. The monoisotopic (exact) mass is 231 g/mol. The molecule has 1 fully saturated rings. The molecule has 0 spiro atoms. The van der Waals surface area contributed by atoms with Gasteiger partial charge >= 0.3 is 0 Å². The molecule has 1 aliphatic heterocycles.